The van der Waals surface area contributed by atoms with Gasteiger partial charge < -0.3 is 9.88 Å². The first-order chi connectivity index (χ1) is 10.0. The lowest BCUT2D eigenvalue weighted by molar-refractivity contribution is 0.111. The predicted molar refractivity (Wildman–Crippen MR) is 88.1 cm³/mol. The molecule has 1 aromatic heterocycles. The van der Waals surface area contributed by atoms with Gasteiger partial charge >= 0.3 is 0 Å². The molecule has 3 heteroatoms. The molecule has 21 heavy (non-hydrogen) atoms. The van der Waals surface area contributed by atoms with Crippen LogP contribution in [0.5, 0.6) is 0 Å². The summed E-state index contributed by atoms with van der Waals surface area (Å²) in [6.45, 7) is 12.4. The minimum absolute atomic E-state index is 0.358. The second-order valence-corrected chi connectivity index (χ2v) is 7.06. The molecule has 0 saturated carbocycles. The van der Waals surface area contributed by atoms with E-state index in [9.17, 15) is 4.79 Å². The van der Waals surface area contributed by atoms with Gasteiger partial charge in [-0.2, -0.15) is 0 Å². The van der Waals surface area contributed by atoms with E-state index < -0.39 is 0 Å². The van der Waals surface area contributed by atoms with Gasteiger partial charge in [-0.15, -0.1) is 0 Å². The summed E-state index contributed by atoms with van der Waals surface area (Å²) in [4.78, 5) is 17.2. The Morgan fingerprint density at radius 3 is 2.62 bits per heavy atom. The zero-order chi connectivity index (χ0) is 15.5. The summed E-state index contributed by atoms with van der Waals surface area (Å²) in [5, 5.41) is 0. The molecule has 1 N–H and O–H groups in total. The standard InChI is InChI=1S/C18H30N2O/c1-5-20(6-2)11-7-8-14-15-9-10-18(3,4)12-16(15)19-17(14)13-21/h13,19H,5-12H2,1-4H3. The second kappa shape index (κ2) is 6.78. The second-order valence-electron chi connectivity index (χ2n) is 7.06. The van der Waals surface area contributed by atoms with Crippen LogP contribution in [0.3, 0.4) is 0 Å². The van der Waals surface area contributed by atoms with E-state index in [0.29, 0.717) is 5.41 Å². The Hall–Kier alpha value is -1.09. The van der Waals surface area contributed by atoms with Crippen molar-refractivity contribution in [3.05, 3.63) is 22.5 Å². The SMILES string of the molecule is CCN(CC)CCCc1c(C=O)[nH]c2c1CCC(C)(C)C2. The number of aromatic amines is 1. The molecule has 0 saturated heterocycles. The number of carbonyl (C=O) groups is 1. The molecule has 0 radical (unpaired) electrons. The Morgan fingerprint density at radius 2 is 2.00 bits per heavy atom. The van der Waals surface area contributed by atoms with Crippen LogP contribution in [0.15, 0.2) is 0 Å². The van der Waals surface area contributed by atoms with E-state index in [-0.39, 0.29) is 0 Å². The van der Waals surface area contributed by atoms with E-state index in [1.54, 1.807) is 0 Å². The Bertz CT molecular complexity index is 484. The summed E-state index contributed by atoms with van der Waals surface area (Å²) in [6, 6.07) is 0. The van der Waals surface area contributed by atoms with E-state index in [0.717, 1.165) is 57.3 Å². The molecule has 0 fully saturated rings. The number of carbonyl (C=O) groups excluding carboxylic acids is 1. The van der Waals surface area contributed by atoms with Crippen molar-refractivity contribution in [1.29, 1.82) is 0 Å². The van der Waals surface area contributed by atoms with Gasteiger partial charge in [0.05, 0.1) is 5.69 Å². The number of nitrogens with one attached hydrogen (secondary N) is 1. The Kier molecular flexibility index (Phi) is 5.26. The highest BCUT2D eigenvalue weighted by atomic mass is 16.1. The molecule has 0 amide bonds. The maximum absolute atomic E-state index is 11.4. The van der Waals surface area contributed by atoms with E-state index in [1.807, 2.05) is 0 Å². The Labute approximate surface area is 129 Å². The van der Waals surface area contributed by atoms with E-state index >= 15 is 0 Å². The molecule has 0 atom stereocenters. The summed E-state index contributed by atoms with van der Waals surface area (Å²) in [6.07, 6.45) is 6.58. The highest BCUT2D eigenvalue weighted by Crippen LogP contribution is 2.37. The fourth-order valence-electron chi connectivity index (χ4n) is 3.55. The Balaban J connectivity index is 2.09. The van der Waals surface area contributed by atoms with Crippen molar-refractivity contribution in [1.82, 2.24) is 9.88 Å². The molecule has 1 aromatic rings. The van der Waals surface area contributed by atoms with Crippen molar-refractivity contribution >= 4 is 6.29 Å². The summed E-state index contributed by atoms with van der Waals surface area (Å²) in [5.41, 5.74) is 5.23. The number of hydrogen-bond donors (Lipinski definition) is 1. The summed E-state index contributed by atoms with van der Waals surface area (Å²) >= 11 is 0. The van der Waals surface area contributed by atoms with Gasteiger partial charge in [0.25, 0.3) is 0 Å². The van der Waals surface area contributed by atoms with Crippen molar-refractivity contribution in [3.8, 4) is 0 Å². The van der Waals surface area contributed by atoms with Crippen molar-refractivity contribution in [2.24, 2.45) is 5.41 Å². The van der Waals surface area contributed by atoms with Crippen LogP contribution in [0.1, 0.15) is 67.8 Å². The van der Waals surface area contributed by atoms with Gasteiger partial charge in [0, 0.05) is 5.69 Å². The van der Waals surface area contributed by atoms with Crippen LogP contribution in [0, 0.1) is 5.41 Å². The summed E-state index contributed by atoms with van der Waals surface area (Å²) in [7, 11) is 0. The minimum atomic E-state index is 0.358. The average Bonchev–Trinajstić information content (AvgIpc) is 2.79. The molecule has 2 rings (SSSR count). The lowest BCUT2D eigenvalue weighted by atomic mass is 9.76. The molecular weight excluding hydrogens is 260 g/mol. The molecule has 1 heterocycles. The van der Waals surface area contributed by atoms with Crippen LogP contribution in [-0.2, 0) is 19.3 Å². The molecule has 118 valence electrons. The van der Waals surface area contributed by atoms with Crippen LogP contribution in [-0.4, -0.2) is 35.8 Å². The summed E-state index contributed by atoms with van der Waals surface area (Å²) in [5.74, 6) is 0. The zero-order valence-electron chi connectivity index (χ0n) is 14.1. The molecule has 0 aromatic carbocycles. The van der Waals surface area contributed by atoms with Gasteiger partial charge in [-0.3, -0.25) is 4.79 Å². The number of H-pyrrole nitrogens is 1. The van der Waals surface area contributed by atoms with Crippen molar-refractivity contribution in [2.75, 3.05) is 19.6 Å². The van der Waals surface area contributed by atoms with Gasteiger partial charge in [0.2, 0.25) is 0 Å². The third-order valence-corrected chi connectivity index (χ3v) is 4.96. The lowest BCUT2D eigenvalue weighted by Gasteiger charge is -2.29. The van der Waals surface area contributed by atoms with Crippen molar-refractivity contribution < 1.29 is 4.79 Å². The molecule has 0 bridgehead atoms. The van der Waals surface area contributed by atoms with Crippen LogP contribution in [0.4, 0.5) is 0 Å². The predicted octanol–water partition coefficient (Wildman–Crippen LogP) is 3.62. The number of nitrogens with zero attached hydrogens (tertiary/aromatic N) is 1. The third-order valence-electron chi connectivity index (χ3n) is 4.96. The number of hydrogen-bond acceptors (Lipinski definition) is 2. The lowest BCUT2D eigenvalue weighted by Crippen LogP contribution is -2.24. The monoisotopic (exact) mass is 290 g/mol. The molecule has 0 spiro atoms. The molecular formula is C18H30N2O. The minimum Gasteiger partial charge on any atom is -0.356 e. The van der Waals surface area contributed by atoms with Gasteiger partial charge in [-0.1, -0.05) is 27.7 Å². The molecule has 1 aliphatic carbocycles. The maximum atomic E-state index is 11.4. The number of rotatable bonds is 7. The van der Waals surface area contributed by atoms with Gasteiger partial charge in [0.1, 0.15) is 0 Å². The topological polar surface area (TPSA) is 36.1 Å². The zero-order valence-corrected chi connectivity index (χ0v) is 14.1. The number of aldehydes is 1. The first-order valence-electron chi connectivity index (χ1n) is 8.41. The number of aromatic nitrogens is 1. The van der Waals surface area contributed by atoms with E-state index in [1.165, 1.54) is 23.2 Å². The molecule has 3 nitrogen and oxygen atoms in total. The molecule has 1 aliphatic rings. The van der Waals surface area contributed by atoms with Crippen LogP contribution < -0.4 is 0 Å². The largest absolute Gasteiger partial charge is 0.356 e. The van der Waals surface area contributed by atoms with Crippen LogP contribution >= 0.6 is 0 Å². The highest BCUT2D eigenvalue weighted by Gasteiger charge is 2.29. The van der Waals surface area contributed by atoms with E-state index in [4.69, 9.17) is 0 Å². The van der Waals surface area contributed by atoms with Gasteiger partial charge in [0.15, 0.2) is 6.29 Å². The third kappa shape index (κ3) is 3.76. The van der Waals surface area contributed by atoms with Crippen LogP contribution in [0.25, 0.3) is 0 Å². The molecule has 0 aliphatic heterocycles. The maximum Gasteiger partial charge on any atom is 0.166 e. The Morgan fingerprint density at radius 1 is 1.29 bits per heavy atom. The van der Waals surface area contributed by atoms with Crippen molar-refractivity contribution in [2.45, 2.75) is 59.8 Å². The first kappa shape index (κ1) is 16.3. The fraction of sp³-hybridized carbons (Fsp3) is 0.722. The smallest absolute Gasteiger partial charge is 0.166 e. The van der Waals surface area contributed by atoms with Crippen molar-refractivity contribution in [3.63, 3.8) is 0 Å². The summed E-state index contributed by atoms with van der Waals surface area (Å²) < 4.78 is 0. The van der Waals surface area contributed by atoms with Gasteiger partial charge in [-0.05, 0) is 68.3 Å². The fourth-order valence-corrected chi connectivity index (χ4v) is 3.55. The van der Waals surface area contributed by atoms with Gasteiger partial charge in [-0.25, -0.2) is 0 Å². The van der Waals surface area contributed by atoms with Crippen LogP contribution in [0.2, 0.25) is 0 Å². The van der Waals surface area contributed by atoms with E-state index in [2.05, 4.69) is 37.6 Å². The first-order valence-corrected chi connectivity index (χ1v) is 8.41. The normalized spacial score (nSPS) is 17.0. The highest BCUT2D eigenvalue weighted by molar-refractivity contribution is 5.76. The number of fused-ring (bicyclic) bond motifs is 1. The molecule has 0 unspecified atom stereocenters. The quantitative estimate of drug-likeness (QED) is 0.779. The average molecular weight is 290 g/mol.